The molecule has 0 heterocycles. The Labute approximate surface area is 119 Å². The van der Waals surface area contributed by atoms with Crippen molar-refractivity contribution in [1.82, 2.24) is 0 Å². The first kappa shape index (κ1) is 18.0. The minimum Gasteiger partial charge on any atom is -0.281 e. The Hall–Kier alpha value is -0.0400. The van der Waals surface area contributed by atoms with Crippen molar-refractivity contribution in [3.63, 3.8) is 0 Å². The Balaban J connectivity index is 3.05. The minimum atomic E-state index is -0.179. The molecule has 0 radical (unpaired) electrons. The van der Waals surface area contributed by atoms with Gasteiger partial charge in [0, 0.05) is 5.92 Å². The number of halogens is 1. The van der Waals surface area contributed by atoms with Crippen LogP contribution < -0.4 is 0 Å². The lowest BCUT2D eigenvalue weighted by atomic mass is 10.0. The van der Waals surface area contributed by atoms with Gasteiger partial charge in [0.2, 0.25) is 5.24 Å². The summed E-state index contributed by atoms with van der Waals surface area (Å²) in [4.78, 5) is 10.8. The molecule has 108 valence electrons. The van der Waals surface area contributed by atoms with Gasteiger partial charge >= 0.3 is 0 Å². The summed E-state index contributed by atoms with van der Waals surface area (Å²) < 4.78 is 0. The molecule has 1 unspecified atom stereocenters. The molecule has 0 N–H and O–H groups in total. The van der Waals surface area contributed by atoms with Crippen LogP contribution in [0.3, 0.4) is 0 Å². The van der Waals surface area contributed by atoms with Gasteiger partial charge in [-0.05, 0) is 18.0 Å². The summed E-state index contributed by atoms with van der Waals surface area (Å²) in [5.41, 5.74) is 0. The van der Waals surface area contributed by atoms with Crippen LogP contribution in [0.1, 0.15) is 90.9 Å². The molecule has 0 amide bonds. The maximum absolute atomic E-state index is 10.8. The van der Waals surface area contributed by atoms with Gasteiger partial charge in [0.25, 0.3) is 0 Å². The van der Waals surface area contributed by atoms with Crippen molar-refractivity contribution in [1.29, 1.82) is 0 Å². The smallest absolute Gasteiger partial charge is 0.224 e. The second kappa shape index (κ2) is 13.4. The van der Waals surface area contributed by atoms with Crippen LogP contribution in [0.4, 0.5) is 0 Å². The topological polar surface area (TPSA) is 17.1 Å². The van der Waals surface area contributed by atoms with Crippen molar-refractivity contribution in [2.45, 2.75) is 90.9 Å². The largest absolute Gasteiger partial charge is 0.281 e. The fourth-order valence-electron chi connectivity index (χ4n) is 2.23. The summed E-state index contributed by atoms with van der Waals surface area (Å²) in [5.74, 6) is 0.0465. The quantitative estimate of drug-likeness (QED) is 0.293. The minimum absolute atomic E-state index is 0.0465. The van der Waals surface area contributed by atoms with Crippen molar-refractivity contribution in [3.8, 4) is 0 Å². The Morgan fingerprint density at radius 2 is 1.22 bits per heavy atom. The third kappa shape index (κ3) is 12.4. The predicted octanol–water partition coefficient (Wildman–Crippen LogP) is 6.09. The van der Waals surface area contributed by atoms with E-state index >= 15 is 0 Å². The first-order chi connectivity index (χ1) is 8.68. The molecule has 0 bridgehead atoms. The van der Waals surface area contributed by atoms with Gasteiger partial charge in [-0.2, -0.15) is 0 Å². The summed E-state index contributed by atoms with van der Waals surface area (Å²) in [6.07, 6.45) is 15.8. The average Bonchev–Trinajstić information content (AvgIpc) is 2.35. The van der Waals surface area contributed by atoms with E-state index in [0.717, 1.165) is 12.8 Å². The van der Waals surface area contributed by atoms with Crippen LogP contribution in [0.15, 0.2) is 0 Å². The van der Waals surface area contributed by atoms with Gasteiger partial charge in [0.1, 0.15) is 0 Å². The number of hydrogen-bond donors (Lipinski definition) is 0. The van der Waals surface area contributed by atoms with E-state index in [2.05, 4.69) is 6.92 Å². The highest BCUT2D eigenvalue weighted by molar-refractivity contribution is 6.63. The molecule has 0 aliphatic rings. The Bertz CT molecular complexity index is 192. The van der Waals surface area contributed by atoms with E-state index in [1.165, 1.54) is 64.2 Å². The molecule has 18 heavy (non-hydrogen) atoms. The fraction of sp³-hybridized carbons (Fsp3) is 0.938. The highest BCUT2D eigenvalue weighted by Crippen LogP contribution is 2.15. The molecule has 0 spiro atoms. The van der Waals surface area contributed by atoms with Gasteiger partial charge in [-0.3, -0.25) is 4.79 Å². The number of carbonyl (C=O) groups excluding carboxylic acids is 1. The van der Waals surface area contributed by atoms with Crippen LogP contribution in [0.2, 0.25) is 0 Å². The van der Waals surface area contributed by atoms with Crippen molar-refractivity contribution in [2.24, 2.45) is 5.92 Å². The summed E-state index contributed by atoms with van der Waals surface area (Å²) in [6.45, 7) is 4.18. The zero-order valence-corrected chi connectivity index (χ0v) is 13.1. The highest BCUT2D eigenvalue weighted by Gasteiger charge is 2.08. The van der Waals surface area contributed by atoms with Crippen LogP contribution in [-0.2, 0) is 4.79 Å². The normalized spacial score (nSPS) is 12.6. The zero-order chi connectivity index (χ0) is 13.6. The van der Waals surface area contributed by atoms with Gasteiger partial charge in [0.15, 0.2) is 0 Å². The second-order valence-electron chi connectivity index (χ2n) is 5.53. The Morgan fingerprint density at radius 1 is 0.833 bits per heavy atom. The monoisotopic (exact) mass is 274 g/mol. The van der Waals surface area contributed by atoms with Crippen molar-refractivity contribution < 1.29 is 4.79 Å². The average molecular weight is 275 g/mol. The summed E-state index contributed by atoms with van der Waals surface area (Å²) in [6, 6.07) is 0. The number of rotatable bonds is 13. The van der Waals surface area contributed by atoms with Crippen LogP contribution in [0.5, 0.6) is 0 Å². The van der Waals surface area contributed by atoms with Crippen LogP contribution in [-0.4, -0.2) is 5.24 Å². The summed E-state index contributed by atoms with van der Waals surface area (Å²) >= 11 is 5.42. The second-order valence-corrected chi connectivity index (χ2v) is 5.90. The van der Waals surface area contributed by atoms with Gasteiger partial charge < -0.3 is 0 Å². The number of carbonyl (C=O) groups is 1. The van der Waals surface area contributed by atoms with E-state index in [9.17, 15) is 4.79 Å². The first-order valence-corrected chi connectivity index (χ1v) is 8.25. The maximum Gasteiger partial charge on any atom is 0.224 e. The lowest BCUT2D eigenvalue weighted by Gasteiger charge is -2.05. The Kier molecular flexibility index (Phi) is 13.4. The molecule has 0 saturated carbocycles. The molecule has 0 aliphatic carbocycles. The summed E-state index contributed by atoms with van der Waals surface area (Å²) in [7, 11) is 0. The molecule has 2 heteroatoms. The molecule has 0 aromatic rings. The van der Waals surface area contributed by atoms with Crippen molar-refractivity contribution in [2.75, 3.05) is 0 Å². The third-order valence-electron chi connectivity index (χ3n) is 3.63. The molecule has 1 nitrogen and oxygen atoms in total. The summed E-state index contributed by atoms with van der Waals surface area (Å²) in [5, 5.41) is -0.179. The standard InChI is InChI=1S/C16H31ClO/c1-3-4-5-6-7-8-9-10-11-12-13-14-15(2)16(17)18/h15H,3-14H2,1-2H3. The van der Waals surface area contributed by atoms with E-state index in [1.807, 2.05) is 6.92 Å². The third-order valence-corrected chi connectivity index (χ3v) is 4.00. The lowest BCUT2D eigenvalue weighted by Crippen LogP contribution is -2.02. The molecule has 0 aromatic carbocycles. The molecule has 0 fully saturated rings. The van der Waals surface area contributed by atoms with Crippen LogP contribution >= 0.6 is 11.6 Å². The molecule has 0 aromatic heterocycles. The molecular weight excluding hydrogens is 244 g/mol. The SMILES string of the molecule is CCCCCCCCCCCCCC(C)C(=O)Cl. The zero-order valence-electron chi connectivity index (χ0n) is 12.3. The molecule has 0 rings (SSSR count). The van der Waals surface area contributed by atoms with Crippen LogP contribution in [0, 0.1) is 5.92 Å². The van der Waals surface area contributed by atoms with Gasteiger partial charge in [0.05, 0.1) is 0 Å². The molecule has 0 aliphatic heterocycles. The van der Waals surface area contributed by atoms with Crippen molar-refractivity contribution >= 4 is 16.8 Å². The fourth-order valence-corrected chi connectivity index (χ4v) is 2.34. The van der Waals surface area contributed by atoms with Gasteiger partial charge in [-0.15, -0.1) is 0 Å². The van der Waals surface area contributed by atoms with E-state index in [0.29, 0.717) is 0 Å². The van der Waals surface area contributed by atoms with E-state index in [-0.39, 0.29) is 11.2 Å². The maximum atomic E-state index is 10.8. The van der Waals surface area contributed by atoms with Gasteiger partial charge in [-0.1, -0.05) is 84.5 Å². The number of unbranched alkanes of at least 4 members (excludes halogenated alkanes) is 10. The number of hydrogen-bond acceptors (Lipinski definition) is 1. The Morgan fingerprint density at radius 3 is 1.61 bits per heavy atom. The van der Waals surface area contributed by atoms with E-state index < -0.39 is 0 Å². The van der Waals surface area contributed by atoms with Crippen LogP contribution in [0.25, 0.3) is 0 Å². The van der Waals surface area contributed by atoms with Gasteiger partial charge in [-0.25, -0.2) is 0 Å². The van der Waals surface area contributed by atoms with E-state index in [4.69, 9.17) is 11.6 Å². The van der Waals surface area contributed by atoms with E-state index in [1.54, 1.807) is 0 Å². The first-order valence-electron chi connectivity index (χ1n) is 7.87. The van der Waals surface area contributed by atoms with Crippen molar-refractivity contribution in [3.05, 3.63) is 0 Å². The molecule has 1 atom stereocenters. The lowest BCUT2D eigenvalue weighted by molar-refractivity contribution is -0.114. The highest BCUT2D eigenvalue weighted by atomic mass is 35.5. The molecule has 0 saturated heterocycles. The predicted molar refractivity (Wildman–Crippen MR) is 81.1 cm³/mol. The molecular formula is C16H31ClO.